The van der Waals surface area contributed by atoms with Crippen molar-refractivity contribution in [2.24, 2.45) is 5.92 Å². The van der Waals surface area contributed by atoms with Crippen LogP contribution < -0.4 is 10.2 Å². The number of aryl methyl sites for hydroxylation is 2. The molecule has 1 heterocycles. The number of benzene rings is 2. The van der Waals surface area contributed by atoms with Crippen LogP contribution in [0.15, 0.2) is 42.5 Å². The van der Waals surface area contributed by atoms with Crippen molar-refractivity contribution in [2.75, 3.05) is 23.4 Å². The lowest BCUT2D eigenvalue weighted by atomic mass is 10.1. The molecular formula is C23H24N2O5. The predicted octanol–water partition coefficient (Wildman–Crippen LogP) is 3.04. The largest absolute Gasteiger partial charge is 0.455 e. The highest BCUT2D eigenvalue weighted by Crippen LogP contribution is 2.29. The van der Waals surface area contributed by atoms with Gasteiger partial charge in [0, 0.05) is 29.9 Å². The fourth-order valence-corrected chi connectivity index (χ4v) is 3.38. The first-order valence-electron chi connectivity index (χ1n) is 9.69. The molecule has 1 saturated heterocycles. The van der Waals surface area contributed by atoms with Crippen LogP contribution >= 0.6 is 0 Å². The highest BCUT2D eigenvalue weighted by atomic mass is 16.5. The lowest BCUT2D eigenvalue weighted by Crippen LogP contribution is -2.28. The van der Waals surface area contributed by atoms with E-state index in [9.17, 15) is 19.2 Å². The van der Waals surface area contributed by atoms with Gasteiger partial charge >= 0.3 is 5.97 Å². The van der Waals surface area contributed by atoms with Gasteiger partial charge in [-0.15, -0.1) is 0 Å². The summed E-state index contributed by atoms with van der Waals surface area (Å²) in [6, 6.07) is 12.3. The molecule has 7 heteroatoms. The highest BCUT2D eigenvalue weighted by Gasteiger charge is 2.36. The molecule has 7 nitrogen and oxygen atoms in total. The number of rotatable bonds is 6. The molecule has 1 fully saturated rings. The van der Waals surface area contributed by atoms with Crippen LogP contribution in [0.3, 0.4) is 0 Å². The molecule has 156 valence electrons. The Labute approximate surface area is 175 Å². The van der Waals surface area contributed by atoms with Crippen LogP contribution in [0.25, 0.3) is 0 Å². The Balaban J connectivity index is 1.56. The topological polar surface area (TPSA) is 92.8 Å². The molecule has 30 heavy (non-hydrogen) atoms. The SMILES string of the molecule is CC(=O)c1cccc(NC(=O)COC(=O)[C@@H]2CC(=O)N(c3cc(C)ccc3C)C2)c1. The quantitative estimate of drug-likeness (QED) is 0.586. The average Bonchev–Trinajstić information content (AvgIpc) is 3.09. The molecule has 0 spiro atoms. The number of Topliss-reactive ketones (excluding diaryl/α,β-unsaturated/α-hetero) is 1. The van der Waals surface area contributed by atoms with Gasteiger partial charge in [-0.05, 0) is 50.1 Å². The Morgan fingerprint density at radius 1 is 1.13 bits per heavy atom. The summed E-state index contributed by atoms with van der Waals surface area (Å²) in [6.07, 6.45) is 0.0501. The van der Waals surface area contributed by atoms with Gasteiger partial charge in [0.1, 0.15) is 0 Å². The van der Waals surface area contributed by atoms with E-state index in [0.717, 1.165) is 16.8 Å². The van der Waals surface area contributed by atoms with Crippen molar-refractivity contribution in [3.8, 4) is 0 Å². The van der Waals surface area contributed by atoms with E-state index in [2.05, 4.69) is 5.32 Å². The Bertz CT molecular complexity index is 1010. The molecule has 3 rings (SSSR count). The molecule has 2 amide bonds. The van der Waals surface area contributed by atoms with Gasteiger partial charge in [-0.2, -0.15) is 0 Å². The van der Waals surface area contributed by atoms with Gasteiger partial charge < -0.3 is 15.0 Å². The monoisotopic (exact) mass is 408 g/mol. The van der Waals surface area contributed by atoms with E-state index in [1.165, 1.54) is 6.92 Å². The van der Waals surface area contributed by atoms with Gasteiger partial charge in [0.25, 0.3) is 5.91 Å². The van der Waals surface area contributed by atoms with Crippen LogP contribution in [0.4, 0.5) is 11.4 Å². The minimum atomic E-state index is -0.619. The first kappa shape index (κ1) is 21.2. The van der Waals surface area contributed by atoms with Crippen molar-refractivity contribution in [3.05, 3.63) is 59.2 Å². The lowest BCUT2D eigenvalue weighted by Gasteiger charge is -2.19. The van der Waals surface area contributed by atoms with Crippen molar-refractivity contribution in [3.63, 3.8) is 0 Å². The summed E-state index contributed by atoms with van der Waals surface area (Å²) >= 11 is 0. The molecule has 0 aliphatic carbocycles. The number of anilines is 2. The number of carbonyl (C=O) groups excluding carboxylic acids is 4. The van der Waals surface area contributed by atoms with Gasteiger partial charge in [0.2, 0.25) is 5.91 Å². The molecule has 0 aromatic heterocycles. The van der Waals surface area contributed by atoms with Crippen molar-refractivity contribution in [2.45, 2.75) is 27.2 Å². The molecule has 1 N–H and O–H groups in total. The van der Waals surface area contributed by atoms with E-state index < -0.39 is 24.4 Å². The number of hydrogen-bond acceptors (Lipinski definition) is 5. The third-order valence-corrected chi connectivity index (χ3v) is 5.01. The minimum absolute atomic E-state index is 0.0501. The Hall–Kier alpha value is -3.48. The Kier molecular flexibility index (Phi) is 6.30. The van der Waals surface area contributed by atoms with Crippen LogP contribution in [0, 0.1) is 19.8 Å². The third-order valence-electron chi connectivity index (χ3n) is 5.01. The molecule has 1 atom stereocenters. The fourth-order valence-electron chi connectivity index (χ4n) is 3.38. The molecule has 0 unspecified atom stereocenters. The van der Waals surface area contributed by atoms with Crippen LogP contribution in [0.2, 0.25) is 0 Å². The van der Waals surface area contributed by atoms with E-state index in [1.807, 2.05) is 32.0 Å². The number of ether oxygens (including phenoxy) is 1. The van der Waals surface area contributed by atoms with Crippen molar-refractivity contribution in [1.82, 2.24) is 0 Å². The van der Waals surface area contributed by atoms with Crippen LogP contribution in [-0.2, 0) is 19.1 Å². The molecule has 2 aromatic carbocycles. The maximum Gasteiger partial charge on any atom is 0.311 e. The minimum Gasteiger partial charge on any atom is -0.455 e. The number of ketones is 1. The summed E-state index contributed by atoms with van der Waals surface area (Å²) in [6.45, 7) is 5.06. The second-order valence-electron chi connectivity index (χ2n) is 7.49. The average molecular weight is 408 g/mol. The summed E-state index contributed by atoms with van der Waals surface area (Å²) in [7, 11) is 0. The Morgan fingerprint density at radius 2 is 1.90 bits per heavy atom. The molecule has 0 radical (unpaired) electrons. The second kappa shape index (κ2) is 8.90. The van der Waals surface area contributed by atoms with Crippen molar-refractivity contribution >= 4 is 34.9 Å². The summed E-state index contributed by atoms with van der Waals surface area (Å²) < 4.78 is 5.13. The van der Waals surface area contributed by atoms with E-state index in [0.29, 0.717) is 11.3 Å². The Morgan fingerprint density at radius 3 is 2.63 bits per heavy atom. The van der Waals surface area contributed by atoms with Crippen molar-refractivity contribution < 1.29 is 23.9 Å². The zero-order chi connectivity index (χ0) is 21.8. The molecule has 1 aliphatic rings. The number of carbonyl (C=O) groups is 4. The summed E-state index contributed by atoms with van der Waals surface area (Å²) in [5.41, 5.74) is 3.69. The van der Waals surface area contributed by atoms with Crippen LogP contribution in [0.5, 0.6) is 0 Å². The zero-order valence-electron chi connectivity index (χ0n) is 17.2. The normalized spacial score (nSPS) is 15.8. The van der Waals surface area contributed by atoms with Gasteiger partial charge in [0.05, 0.1) is 5.92 Å². The highest BCUT2D eigenvalue weighted by molar-refractivity contribution is 6.01. The first-order chi connectivity index (χ1) is 14.2. The fraction of sp³-hybridized carbons (Fsp3) is 0.304. The lowest BCUT2D eigenvalue weighted by molar-refractivity contribution is -0.151. The number of hydrogen-bond donors (Lipinski definition) is 1. The van der Waals surface area contributed by atoms with Gasteiger partial charge in [0.15, 0.2) is 12.4 Å². The van der Waals surface area contributed by atoms with Gasteiger partial charge in [-0.1, -0.05) is 24.3 Å². The molecule has 1 aliphatic heterocycles. The molecule has 0 saturated carbocycles. The molecule has 0 bridgehead atoms. The second-order valence-corrected chi connectivity index (χ2v) is 7.49. The summed E-state index contributed by atoms with van der Waals surface area (Å²) in [5, 5.41) is 2.59. The van der Waals surface area contributed by atoms with E-state index >= 15 is 0 Å². The number of nitrogens with one attached hydrogen (secondary N) is 1. The number of amides is 2. The third kappa shape index (κ3) is 4.92. The van der Waals surface area contributed by atoms with Crippen LogP contribution in [0.1, 0.15) is 34.8 Å². The van der Waals surface area contributed by atoms with E-state index in [1.54, 1.807) is 29.2 Å². The van der Waals surface area contributed by atoms with E-state index in [4.69, 9.17) is 4.74 Å². The standard InChI is InChI=1S/C23H24N2O5/c1-14-7-8-15(2)20(9-14)25-12-18(11-22(25)28)23(29)30-13-21(27)24-19-6-4-5-17(10-19)16(3)26/h4-10,18H,11-13H2,1-3H3,(H,24,27)/t18-/m1/s1. The van der Waals surface area contributed by atoms with Gasteiger partial charge in [-0.25, -0.2) is 0 Å². The maximum atomic E-state index is 12.4. The van der Waals surface area contributed by atoms with Crippen molar-refractivity contribution in [1.29, 1.82) is 0 Å². The summed E-state index contributed by atoms with van der Waals surface area (Å²) in [5.74, 6) is -1.97. The predicted molar refractivity (Wildman–Crippen MR) is 112 cm³/mol. The molecular weight excluding hydrogens is 384 g/mol. The smallest absolute Gasteiger partial charge is 0.311 e. The van der Waals surface area contributed by atoms with Gasteiger partial charge in [-0.3, -0.25) is 19.2 Å². The summed E-state index contributed by atoms with van der Waals surface area (Å²) in [4.78, 5) is 49.9. The zero-order valence-corrected chi connectivity index (χ0v) is 17.2. The molecule has 2 aromatic rings. The first-order valence-corrected chi connectivity index (χ1v) is 9.69. The maximum absolute atomic E-state index is 12.4. The number of nitrogens with zero attached hydrogens (tertiary/aromatic N) is 1. The number of esters is 1. The van der Waals surface area contributed by atoms with Crippen LogP contribution in [-0.4, -0.2) is 36.7 Å². The van der Waals surface area contributed by atoms with E-state index in [-0.39, 0.29) is 24.7 Å².